The van der Waals surface area contributed by atoms with Gasteiger partial charge in [-0.25, -0.2) is 0 Å². The third-order valence-electron chi connectivity index (χ3n) is 17.6. The Morgan fingerprint density at radius 3 is 0.653 bits per heavy atom. The number of hydrogen-bond acceptors (Lipinski definition) is 9. The first kappa shape index (κ1) is 76.6. The minimum absolute atomic E-state index is 0. The van der Waals surface area contributed by atoms with Crippen LogP contribution in [0.3, 0.4) is 0 Å². The summed E-state index contributed by atoms with van der Waals surface area (Å²) in [6.45, 7) is 43.3. The third kappa shape index (κ3) is 18.6. The van der Waals surface area contributed by atoms with Crippen molar-refractivity contribution in [2.45, 2.75) is 152 Å². The van der Waals surface area contributed by atoms with Crippen molar-refractivity contribution < 1.29 is 49.7 Å². The number of aromatic hydroxyl groups is 4. The van der Waals surface area contributed by atoms with Gasteiger partial charge < -0.3 is 40.1 Å². The molecule has 0 atom stereocenters. The van der Waals surface area contributed by atoms with Crippen LogP contribution in [0.1, 0.15) is 128 Å². The van der Waals surface area contributed by atoms with Crippen LogP contribution in [0.2, 0.25) is 0 Å². The predicted molar refractivity (Wildman–Crippen MR) is 404 cm³/mol. The summed E-state index contributed by atoms with van der Waals surface area (Å²) in [5, 5.41) is 38.5. The molecule has 0 saturated carbocycles. The van der Waals surface area contributed by atoms with Gasteiger partial charge >= 0.3 is 0 Å². The molecule has 0 bridgehead atoms. The lowest BCUT2D eigenvalue weighted by Crippen LogP contribution is -2.09. The van der Waals surface area contributed by atoms with Crippen LogP contribution in [0.5, 0.6) is 57.5 Å². The van der Waals surface area contributed by atoms with Crippen molar-refractivity contribution in [1.29, 1.82) is 0 Å². The number of Topliss-reactive ketones (excluding diaryl/α,β-unsaturated/α-hetero) is 2. The predicted octanol–water partition coefficient (Wildman–Crippen LogP) is 22.2. The van der Waals surface area contributed by atoms with Gasteiger partial charge in [0.1, 0.15) is 57.5 Å². The number of phenolic OH excluding ortho intramolecular Hbond substituents is 4. The number of phenols is 4. The van der Waals surface area contributed by atoms with Gasteiger partial charge in [0.25, 0.3) is 0 Å². The molecule has 0 heterocycles. The Morgan fingerprint density at radius 2 is 0.418 bits per heavy atom. The van der Waals surface area contributed by atoms with E-state index in [9.17, 15) is 30.0 Å². The molecular formula is C88H98O10. The van der Waals surface area contributed by atoms with Crippen LogP contribution in [0, 0.1) is 125 Å². The van der Waals surface area contributed by atoms with Crippen molar-refractivity contribution >= 4 is 11.6 Å². The zero-order chi connectivity index (χ0) is 71.6. The van der Waals surface area contributed by atoms with Crippen molar-refractivity contribution in [3.8, 4) is 79.7 Å². The van der Waals surface area contributed by atoms with E-state index in [2.05, 4.69) is 142 Å². The maximum absolute atomic E-state index is 11.7. The van der Waals surface area contributed by atoms with Gasteiger partial charge in [-0.1, -0.05) is 72.8 Å². The highest BCUT2D eigenvalue weighted by Gasteiger charge is 2.20. The first-order valence-corrected chi connectivity index (χ1v) is 32.8. The molecular weight excluding hydrogens is 1220 g/mol. The number of benzene rings is 9. The average Bonchev–Trinajstić information content (AvgIpc) is 0.807. The van der Waals surface area contributed by atoms with E-state index >= 15 is 0 Å². The summed E-state index contributed by atoms with van der Waals surface area (Å²) in [5.41, 5.74) is 27.8. The summed E-state index contributed by atoms with van der Waals surface area (Å²) in [6.07, 6.45) is 7.53. The SMILES string of the molecule is CC1=CC(=C2C=C(C)C(=O)C(C)=C2)C=C(C)C1=O.Cc1cc(-c2cc(C)c(Oc3c(C)cccc3C)c(C)c2)cc(C)c1O.Cc1cc(Oc2c(C)cc(-c3cc(C)c(Oc4c(C)cccc4C)c(C)c3)cc2C)cc(C)c1O.Cc1cccc(C)c1O.Cc1cccc(C)c1O.O. The van der Waals surface area contributed by atoms with E-state index in [0.717, 1.165) is 190 Å². The van der Waals surface area contributed by atoms with Gasteiger partial charge in [0.2, 0.25) is 0 Å². The third-order valence-corrected chi connectivity index (χ3v) is 17.6. The molecule has 2 aliphatic rings. The molecule has 0 unspecified atom stereocenters. The molecule has 0 spiro atoms. The largest absolute Gasteiger partial charge is 0.507 e. The van der Waals surface area contributed by atoms with Crippen LogP contribution in [0.4, 0.5) is 0 Å². The van der Waals surface area contributed by atoms with Gasteiger partial charge in [-0.15, -0.1) is 0 Å². The maximum Gasteiger partial charge on any atom is 0.184 e. The van der Waals surface area contributed by atoms with Crippen LogP contribution >= 0.6 is 0 Å². The lowest BCUT2D eigenvalue weighted by Gasteiger charge is -2.18. The Hall–Kier alpha value is -10.4. The quantitative estimate of drug-likeness (QED) is 0.115. The van der Waals surface area contributed by atoms with Gasteiger partial charge in [-0.3, -0.25) is 9.59 Å². The first-order chi connectivity index (χ1) is 45.6. The minimum atomic E-state index is 0. The molecule has 0 saturated heterocycles. The zero-order valence-electron chi connectivity index (χ0n) is 61.3. The molecule has 0 amide bonds. The molecule has 510 valence electrons. The molecule has 11 rings (SSSR count). The Morgan fingerprint density at radius 1 is 0.235 bits per heavy atom. The van der Waals surface area contributed by atoms with Crippen molar-refractivity contribution in [3.05, 3.63) is 291 Å². The lowest BCUT2D eigenvalue weighted by atomic mass is 9.88. The average molecular weight is 1320 g/mol. The van der Waals surface area contributed by atoms with E-state index in [0.29, 0.717) is 23.0 Å². The molecule has 10 heteroatoms. The van der Waals surface area contributed by atoms with Gasteiger partial charge in [-0.2, -0.15) is 0 Å². The topological polar surface area (TPSA) is 174 Å². The Kier molecular flexibility index (Phi) is 25.8. The fourth-order valence-corrected chi connectivity index (χ4v) is 12.0. The maximum atomic E-state index is 11.7. The number of carbonyl (C=O) groups excluding carboxylic acids is 2. The number of allylic oxidation sites excluding steroid dienone is 10. The zero-order valence-corrected chi connectivity index (χ0v) is 61.3. The van der Waals surface area contributed by atoms with Crippen LogP contribution in [0.25, 0.3) is 22.3 Å². The highest BCUT2D eigenvalue weighted by Crippen LogP contribution is 2.41. The molecule has 0 aliphatic heterocycles. The van der Waals surface area contributed by atoms with E-state index in [1.807, 2.05) is 168 Å². The number of hydrogen-bond donors (Lipinski definition) is 4. The van der Waals surface area contributed by atoms with Crippen molar-refractivity contribution in [2.75, 3.05) is 0 Å². The van der Waals surface area contributed by atoms with E-state index in [1.165, 1.54) is 0 Å². The fraction of sp³-hybridized carbons (Fsp3) is 0.250. The summed E-state index contributed by atoms with van der Waals surface area (Å²) < 4.78 is 19.0. The van der Waals surface area contributed by atoms with Crippen molar-refractivity contribution in [1.82, 2.24) is 0 Å². The molecule has 10 nitrogen and oxygen atoms in total. The normalized spacial score (nSPS) is 12.3. The second-order valence-electron chi connectivity index (χ2n) is 26.3. The molecule has 2 aliphatic carbocycles. The number of para-hydroxylation sites is 4. The standard InChI is InChI=1S/C32H34O3.C24H26O2.C16H16O2.2C8H10O.H2O/c1-18-10-9-11-19(2)30(18)35-32-24(7)14-27(15-25(32)8)26-12-22(5)31(23(6)13-26)34-28-16-20(3)29(33)21(4)17-28;1-14-8-7-9-15(2)23(14)26-24-18(5)12-21(13-19(24)6)20-10-16(3)22(25)17(4)11-20;1-9-5-13(6-10(2)15(9)17)14-7-11(3)16(18)12(4)8-14;2*1-6-4-3-5-7(2)8(6)9;/h9-17,33H,1-8H3;7-13,25H,1-6H3;5-8H,1-4H3;2*3-5,9H,1-2H3;1H2. The van der Waals surface area contributed by atoms with E-state index in [4.69, 9.17) is 14.2 Å². The molecule has 6 N–H and O–H groups in total. The summed E-state index contributed by atoms with van der Waals surface area (Å²) in [5.74, 6) is 6.97. The second-order valence-corrected chi connectivity index (χ2v) is 26.3. The van der Waals surface area contributed by atoms with Crippen LogP contribution in [0.15, 0.2) is 191 Å². The minimum Gasteiger partial charge on any atom is -0.507 e. The molecule has 0 radical (unpaired) electrons. The number of aryl methyl sites for hydroxylation is 18. The molecule has 9 aromatic carbocycles. The summed E-state index contributed by atoms with van der Waals surface area (Å²) in [7, 11) is 0. The Balaban J connectivity index is 0.000000211. The first-order valence-electron chi connectivity index (χ1n) is 32.8. The highest BCUT2D eigenvalue weighted by molar-refractivity contribution is 6.11. The van der Waals surface area contributed by atoms with Gasteiger partial charge in [0, 0.05) is 0 Å². The van der Waals surface area contributed by atoms with Crippen LogP contribution < -0.4 is 14.2 Å². The molecule has 0 aromatic heterocycles. The number of carbonyl (C=O) groups is 2. The van der Waals surface area contributed by atoms with E-state index in [1.54, 1.807) is 0 Å². The van der Waals surface area contributed by atoms with E-state index in [-0.39, 0.29) is 17.0 Å². The fourth-order valence-electron chi connectivity index (χ4n) is 12.0. The summed E-state index contributed by atoms with van der Waals surface area (Å²) >= 11 is 0. The van der Waals surface area contributed by atoms with Crippen LogP contribution in [-0.2, 0) is 9.59 Å². The van der Waals surface area contributed by atoms with Crippen molar-refractivity contribution in [2.24, 2.45) is 0 Å². The number of rotatable bonds is 8. The molecule has 0 fully saturated rings. The monoisotopic (exact) mass is 1310 g/mol. The molecule has 9 aromatic rings. The highest BCUT2D eigenvalue weighted by atomic mass is 16.5. The number of ketones is 2. The van der Waals surface area contributed by atoms with Crippen LogP contribution in [-0.4, -0.2) is 37.5 Å². The summed E-state index contributed by atoms with van der Waals surface area (Å²) in [6, 6.07) is 44.7. The van der Waals surface area contributed by atoms with Crippen molar-refractivity contribution in [3.63, 3.8) is 0 Å². The molecule has 98 heavy (non-hydrogen) atoms. The smallest absolute Gasteiger partial charge is 0.184 e. The summed E-state index contributed by atoms with van der Waals surface area (Å²) in [4.78, 5) is 23.4. The number of ether oxygens (including phenoxy) is 3. The van der Waals surface area contributed by atoms with Gasteiger partial charge in [-0.05, 0) is 393 Å². The Labute approximate surface area is 581 Å². The lowest BCUT2D eigenvalue weighted by molar-refractivity contribution is -0.113. The Bertz CT molecular complexity index is 4340. The van der Waals surface area contributed by atoms with Gasteiger partial charge in [0.15, 0.2) is 11.6 Å². The van der Waals surface area contributed by atoms with E-state index < -0.39 is 0 Å². The van der Waals surface area contributed by atoms with Gasteiger partial charge in [0.05, 0.1) is 0 Å². The second kappa shape index (κ2) is 33.0.